The summed E-state index contributed by atoms with van der Waals surface area (Å²) in [4.78, 5) is 25.8. The topological polar surface area (TPSA) is 44.0 Å². The monoisotopic (exact) mass is 378 g/mol. The Morgan fingerprint density at radius 2 is 1.81 bits per heavy atom. The molecule has 6 heteroatoms. The number of nitrogens with zero attached hydrogens (tertiary/aromatic N) is 2. The van der Waals surface area contributed by atoms with E-state index in [-0.39, 0.29) is 16.9 Å². The van der Waals surface area contributed by atoms with Gasteiger partial charge in [-0.2, -0.15) is 0 Å². The molecule has 5 rings (SSSR count). The molecule has 4 nitrogen and oxygen atoms in total. The number of carbonyl (C=O) groups excluding carboxylic acids is 1. The highest BCUT2D eigenvalue weighted by Gasteiger charge is 2.32. The Kier molecular flexibility index (Phi) is 3.36. The maximum atomic E-state index is 13.4. The summed E-state index contributed by atoms with van der Waals surface area (Å²) in [6.45, 7) is 0.306. The van der Waals surface area contributed by atoms with Crippen LogP contribution in [0.2, 0.25) is 5.02 Å². The smallest absolute Gasteiger partial charge is 0.268 e. The van der Waals surface area contributed by atoms with E-state index in [2.05, 4.69) is 0 Å². The minimum Gasteiger partial charge on any atom is -0.334 e. The van der Waals surface area contributed by atoms with Gasteiger partial charge in [-0.05, 0) is 42.0 Å². The zero-order chi connectivity index (χ0) is 18.7. The summed E-state index contributed by atoms with van der Waals surface area (Å²) < 4.78 is 16.8. The van der Waals surface area contributed by atoms with Gasteiger partial charge >= 0.3 is 0 Å². The second-order valence-corrected chi connectivity index (χ2v) is 6.87. The van der Waals surface area contributed by atoms with Gasteiger partial charge in [0.15, 0.2) is 0 Å². The molecule has 0 fully saturated rings. The zero-order valence-corrected chi connectivity index (χ0v) is 14.7. The molecule has 0 atom stereocenters. The standard InChI is InChI=1S/C21H12ClFN2O2/c22-15-10-13(23)8-7-12(15)11-25-16-5-2-1-4-14(16)20(26)18-19(25)17-6-3-9-24(17)21(18)27/h1-10H,11H2. The van der Waals surface area contributed by atoms with E-state index < -0.39 is 5.82 Å². The van der Waals surface area contributed by atoms with E-state index in [1.165, 1.54) is 16.7 Å². The fraction of sp³-hybridized carbons (Fsp3) is 0.0476. The molecule has 2 aromatic carbocycles. The van der Waals surface area contributed by atoms with Crippen LogP contribution in [0.3, 0.4) is 0 Å². The van der Waals surface area contributed by atoms with Crippen LogP contribution in [0, 0.1) is 5.82 Å². The average Bonchev–Trinajstić information content (AvgIpc) is 3.23. The second kappa shape index (κ2) is 5.66. The summed E-state index contributed by atoms with van der Waals surface area (Å²) in [6, 6.07) is 15.0. The van der Waals surface area contributed by atoms with E-state index in [1.54, 1.807) is 36.5 Å². The Morgan fingerprint density at radius 3 is 2.63 bits per heavy atom. The lowest BCUT2D eigenvalue weighted by molar-refractivity contribution is 0.0968. The van der Waals surface area contributed by atoms with E-state index in [0.29, 0.717) is 39.4 Å². The van der Waals surface area contributed by atoms with Gasteiger partial charge in [-0.1, -0.05) is 29.8 Å². The van der Waals surface area contributed by atoms with E-state index in [4.69, 9.17) is 11.6 Å². The molecule has 27 heavy (non-hydrogen) atoms. The largest absolute Gasteiger partial charge is 0.334 e. The Balaban J connectivity index is 1.87. The molecule has 2 aromatic heterocycles. The summed E-state index contributed by atoms with van der Waals surface area (Å²) >= 11 is 6.23. The summed E-state index contributed by atoms with van der Waals surface area (Å²) in [5, 5.41) is 0.764. The fourth-order valence-corrected chi connectivity index (χ4v) is 3.95. The number of benzene rings is 2. The third-order valence-electron chi connectivity index (χ3n) is 4.94. The Labute approximate surface area is 158 Å². The summed E-state index contributed by atoms with van der Waals surface area (Å²) in [6.07, 6.45) is 1.65. The van der Waals surface area contributed by atoms with Crippen LogP contribution < -0.4 is 5.43 Å². The number of aromatic nitrogens is 2. The van der Waals surface area contributed by atoms with Crippen LogP contribution in [0.1, 0.15) is 15.9 Å². The number of fused-ring (bicyclic) bond motifs is 4. The summed E-state index contributed by atoms with van der Waals surface area (Å²) in [5.74, 6) is -0.748. The number of hydrogen-bond acceptors (Lipinski definition) is 2. The van der Waals surface area contributed by atoms with Gasteiger partial charge < -0.3 is 4.57 Å². The lowest BCUT2D eigenvalue weighted by Crippen LogP contribution is -2.20. The van der Waals surface area contributed by atoms with Crippen LogP contribution in [0.15, 0.2) is 65.6 Å². The molecule has 0 spiro atoms. The van der Waals surface area contributed by atoms with Gasteiger partial charge in [0.05, 0.1) is 16.9 Å². The molecule has 0 radical (unpaired) electrons. The second-order valence-electron chi connectivity index (χ2n) is 6.46. The van der Waals surface area contributed by atoms with Crippen LogP contribution in [-0.2, 0) is 6.54 Å². The number of pyridine rings is 1. The highest BCUT2D eigenvalue weighted by atomic mass is 35.5. The lowest BCUT2D eigenvalue weighted by Gasteiger charge is -2.17. The first-order valence-corrected chi connectivity index (χ1v) is 8.76. The molecule has 0 amide bonds. The van der Waals surface area contributed by atoms with E-state index in [1.807, 2.05) is 16.7 Å². The van der Waals surface area contributed by atoms with Crippen LogP contribution in [-0.4, -0.2) is 15.0 Å². The van der Waals surface area contributed by atoms with Crippen LogP contribution in [0.25, 0.3) is 22.3 Å². The lowest BCUT2D eigenvalue weighted by atomic mass is 10.1. The van der Waals surface area contributed by atoms with Crippen molar-refractivity contribution >= 4 is 28.4 Å². The minimum absolute atomic E-state index is 0.155. The number of hydrogen-bond donors (Lipinski definition) is 0. The number of rotatable bonds is 2. The predicted octanol–water partition coefficient (Wildman–Crippen LogP) is 4.31. The molecule has 0 N–H and O–H groups in total. The molecular formula is C21H12ClFN2O2. The molecule has 0 unspecified atom stereocenters. The Morgan fingerprint density at radius 1 is 1.00 bits per heavy atom. The van der Waals surface area contributed by atoms with Gasteiger partial charge in [0.1, 0.15) is 11.4 Å². The first-order valence-electron chi connectivity index (χ1n) is 8.38. The highest BCUT2D eigenvalue weighted by molar-refractivity contribution is 6.31. The van der Waals surface area contributed by atoms with Gasteiger partial charge in [0, 0.05) is 23.2 Å². The molecule has 0 bridgehead atoms. The number of para-hydroxylation sites is 1. The third-order valence-corrected chi connectivity index (χ3v) is 5.29. The van der Waals surface area contributed by atoms with E-state index in [0.717, 1.165) is 0 Å². The maximum absolute atomic E-state index is 13.4. The molecule has 1 aliphatic rings. The molecule has 0 aliphatic carbocycles. The van der Waals surface area contributed by atoms with Gasteiger partial charge in [-0.25, -0.2) is 4.39 Å². The van der Waals surface area contributed by atoms with Crippen molar-refractivity contribution in [3.8, 4) is 11.4 Å². The zero-order valence-electron chi connectivity index (χ0n) is 13.9. The average molecular weight is 379 g/mol. The van der Waals surface area contributed by atoms with Crippen LogP contribution in [0.4, 0.5) is 4.39 Å². The SMILES string of the molecule is O=C1c2c(n(Cc3ccc(F)cc3Cl)c3ccccc3c2=O)-c2cccn21. The molecule has 0 saturated heterocycles. The van der Waals surface area contributed by atoms with Gasteiger partial charge in [0.25, 0.3) is 5.91 Å². The summed E-state index contributed by atoms with van der Waals surface area (Å²) in [5.41, 5.74) is 2.50. The van der Waals surface area contributed by atoms with Crippen molar-refractivity contribution in [2.24, 2.45) is 0 Å². The Bertz CT molecular complexity index is 1320. The van der Waals surface area contributed by atoms with Crippen LogP contribution >= 0.6 is 11.6 Å². The van der Waals surface area contributed by atoms with E-state index >= 15 is 0 Å². The first kappa shape index (κ1) is 16.0. The summed E-state index contributed by atoms with van der Waals surface area (Å²) in [7, 11) is 0. The van der Waals surface area contributed by atoms with Crippen LogP contribution in [0.5, 0.6) is 0 Å². The van der Waals surface area contributed by atoms with Crippen molar-refractivity contribution in [3.63, 3.8) is 0 Å². The van der Waals surface area contributed by atoms with Gasteiger partial charge in [-0.15, -0.1) is 0 Å². The number of halogens is 2. The van der Waals surface area contributed by atoms with E-state index in [9.17, 15) is 14.0 Å². The maximum Gasteiger partial charge on any atom is 0.268 e. The van der Waals surface area contributed by atoms with Crippen molar-refractivity contribution in [1.82, 2.24) is 9.13 Å². The quantitative estimate of drug-likeness (QED) is 0.459. The molecule has 132 valence electrons. The first-order chi connectivity index (χ1) is 13.1. The molecule has 4 aromatic rings. The molecule has 0 saturated carbocycles. The van der Waals surface area contributed by atoms with Crippen molar-refractivity contribution in [2.75, 3.05) is 0 Å². The van der Waals surface area contributed by atoms with Crippen molar-refractivity contribution in [1.29, 1.82) is 0 Å². The van der Waals surface area contributed by atoms with Crippen molar-refractivity contribution in [2.45, 2.75) is 6.54 Å². The highest BCUT2D eigenvalue weighted by Crippen LogP contribution is 2.34. The number of carbonyl (C=O) groups is 1. The molecule has 3 heterocycles. The van der Waals surface area contributed by atoms with Crippen molar-refractivity contribution in [3.05, 3.63) is 93.0 Å². The predicted molar refractivity (Wildman–Crippen MR) is 102 cm³/mol. The molecular weight excluding hydrogens is 367 g/mol. The third kappa shape index (κ3) is 2.22. The fourth-order valence-electron chi connectivity index (χ4n) is 3.72. The van der Waals surface area contributed by atoms with Gasteiger partial charge in [0.2, 0.25) is 5.43 Å². The van der Waals surface area contributed by atoms with Gasteiger partial charge in [-0.3, -0.25) is 14.2 Å². The normalized spacial score (nSPS) is 12.4. The molecule has 1 aliphatic heterocycles. The minimum atomic E-state index is -0.414. The van der Waals surface area contributed by atoms with Crippen molar-refractivity contribution < 1.29 is 9.18 Å². The Hall–Kier alpha value is -3.18.